The van der Waals surface area contributed by atoms with E-state index in [1.165, 1.54) is 12.1 Å². The highest BCUT2D eigenvalue weighted by molar-refractivity contribution is 7.89. The minimum atomic E-state index is -3.56. The van der Waals surface area contributed by atoms with E-state index in [0.717, 1.165) is 32.5 Å². The van der Waals surface area contributed by atoms with Crippen LogP contribution in [-0.4, -0.2) is 87.8 Å². The molecule has 7 nitrogen and oxygen atoms in total. The molecule has 2 aliphatic heterocycles. The third-order valence-corrected chi connectivity index (χ3v) is 7.72. The smallest absolute Gasteiger partial charge is 0.251 e. The molecule has 2 fully saturated rings. The third-order valence-electron chi connectivity index (χ3n) is 5.86. The molecule has 0 saturated carbocycles. The largest absolute Gasteiger partial charge is 0.355 e. The Balaban J connectivity index is 1.82. The zero-order valence-corrected chi connectivity index (χ0v) is 16.6. The van der Waals surface area contributed by atoms with Gasteiger partial charge in [0, 0.05) is 37.8 Å². The van der Waals surface area contributed by atoms with E-state index in [-0.39, 0.29) is 16.3 Å². The summed E-state index contributed by atoms with van der Waals surface area (Å²) < 4.78 is 27.9. The van der Waals surface area contributed by atoms with Crippen molar-refractivity contribution in [1.82, 2.24) is 19.4 Å². The predicted molar refractivity (Wildman–Crippen MR) is 101 cm³/mol. The van der Waals surface area contributed by atoms with E-state index in [1.807, 2.05) is 0 Å². The van der Waals surface area contributed by atoms with Gasteiger partial charge in [-0.2, -0.15) is 4.31 Å². The molecule has 0 radical (unpaired) electrons. The molecule has 26 heavy (non-hydrogen) atoms. The molecule has 0 atom stereocenters. The Morgan fingerprint density at radius 1 is 1.04 bits per heavy atom. The summed E-state index contributed by atoms with van der Waals surface area (Å²) >= 11 is 0. The van der Waals surface area contributed by atoms with E-state index in [0.29, 0.717) is 18.7 Å². The molecule has 2 heterocycles. The second-order valence-corrected chi connectivity index (χ2v) is 9.33. The maximum atomic E-state index is 13.1. The number of benzene rings is 1. The lowest BCUT2D eigenvalue weighted by molar-refractivity contribution is 0.00214. The first-order valence-electron chi connectivity index (χ1n) is 9.01. The van der Waals surface area contributed by atoms with Gasteiger partial charge in [0.2, 0.25) is 10.0 Å². The molecule has 144 valence electrons. The Morgan fingerprint density at radius 3 is 2.23 bits per heavy atom. The predicted octanol–water partition coefficient (Wildman–Crippen LogP) is 0.447. The highest BCUT2D eigenvalue weighted by atomic mass is 32.2. The molecule has 2 aliphatic rings. The van der Waals surface area contributed by atoms with Gasteiger partial charge in [-0.15, -0.1) is 0 Å². The summed E-state index contributed by atoms with van der Waals surface area (Å²) in [6, 6.07) is 6.18. The summed E-state index contributed by atoms with van der Waals surface area (Å²) in [6.45, 7) is 3.72. The number of likely N-dealkylation sites (tertiary alicyclic amines) is 1. The number of piperidine rings is 1. The Hall–Kier alpha value is -1.48. The van der Waals surface area contributed by atoms with E-state index in [1.54, 1.807) is 23.5 Å². The van der Waals surface area contributed by atoms with Crippen molar-refractivity contribution in [3.05, 3.63) is 29.8 Å². The number of nitrogens with zero attached hydrogens (tertiary/aromatic N) is 3. The van der Waals surface area contributed by atoms with E-state index < -0.39 is 10.0 Å². The van der Waals surface area contributed by atoms with Crippen molar-refractivity contribution in [3.63, 3.8) is 0 Å². The van der Waals surface area contributed by atoms with E-state index in [9.17, 15) is 13.2 Å². The average molecular weight is 381 g/mol. The van der Waals surface area contributed by atoms with Crippen molar-refractivity contribution in [2.24, 2.45) is 0 Å². The first-order valence-corrected chi connectivity index (χ1v) is 10.4. The Kier molecular flexibility index (Phi) is 5.39. The number of hydrogen-bond donors (Lipinski definition) is 1. The molecule has 1 N–H and O–H groups in total. The van der Waals surface area contributed by atoms with Crippen LogP contribution in [0.4, 0.5) is 0 Å². The molecular weight excluding hydrogens is 352 g/mol. The second kappa shape index (κ2) is 7.26. The number of rotatable bonds is 3. The number of piperazine rings is 1. The van der Waals surface area contributed by atoms with Crippen molar-refractivity contribution in [3.8, 4) is 0 Å². The van der Waals surface area contributed by atoms with E-state index >= 15 is 0 Å². The van der Waals surface area contributed by atoms with E-state index in [2.05, 4.69) is 29.2 Å². The fourth-order valence-corrected chi connectivity index (χ4v) is 5.39. The molecule has 8 heteroatoms. The highest BCUT2D eigenvalue weighted by Crippen LogP contribution is 2.33. The first kappa shape index (κ1) is 19.3. The number of likely N-dealkylation sites (N-methyl/N-ethyl adjacent to an activating group) is 1. The Bertz CT molecular complexity index is 755. The van der Waals surface area contributed by atoms with Crippen LogP contribution in [-0.2, 0) is 10.0 Å². The molecule has 0 aliphatic carbocycles. The number of hydrogen-bond acceptors (Lipinski definition) is 5. The van der Waals surface area contributed by atoms with Gasteiger partial charge in [0.15, 0.2) is 0 Å². The third kappa shape index (κ3) is 3.51. The topological polar surface area (TPSA) is 73.0 Å². The lowest BCUT2D eigenvalue weighted by Crippen LogP contribution is -2.64. The van der Waals surface area contributed by atoms with Crippen molar-refractivity contribution < 1.29 is 13.2 Å². The van der Waals surface area contributed by atoms with Crippen LogP contribution in [0.2, 0.25) is 0 Å². The van der Waals surface area contributed by atoms with Crippen molar-refractivity contribution in [2.75, 3.05) is 53.9 Å². The number of amides is 1. The average Bonchev–Trinajstić information content (AvgIpc) is 2.65. The van der Waals surface area contributed by atoms with Gasteiger partial charge in [-0.1, -0.05) is 0 Å². The Morgan fingerprint density at radius 2 is 1.65 bits per heavy atom. The molecule has 0 aromatic heterocycles. The molecule has 1 spiro atoms. The van der Waals surface area contributed by atoms with Crippen LogP contribution in [0.5, 0.6) is 0 Å². The van der Waals surface area contributed by atoms with Crippen LogP contribution in [0, 0.1) is 0 Å². The van der Waals surface area contributed by atoms with Gasteiger partial charge in [-0.3, -0.25) is 9.69 Å². The van der Waals surface area contributed by atoms with Crippen LogP contribution >= 0.6 is 0 Å². The molecule has 1 aromatic rings. The Labute approximate surface area is 156 Å². The summed E-state index contributed by atoms with van der Waals surface area (Å²) in [5.41, 5.74) is 0.372. The van der Waals surface area contributed by atoms with Crippen LogP contribution in [0.25, 0.3) is 0 Å². The quantitative estimate of drug-likeness (QED) is 0.824. The molecule has 0 bridgehead atoms. The minimum Gasteiger partial charge on any atom is -0.355 e. The van der Waals surface area contributed by atoms with E-state index in [4.69, 9.17) is 0 Å². The fourth-order valence-electron chi connectivity index (χ4n) is 3.88. The number of nitrogens with one attached hydrogen (secondary N) is 1. The van der Waals surface area contributed by atoms with Crippen LogP contribution in [0.1, 0.15) is 23.2 Å². The normalized spacial score (nSPS) is 22.4. The number of carbonyl (C=O) groups excluding carboxylic acids is 1. The van der Waals surface area contributed by atoms with Crippen molar-refractivity contribution >= 4 is 15.9 Å². The standard InChI is InChI=1S/C18H28N4O3S/c1-19-17(23)15-4-6-16(7-5-15)26(24,25)22-13-12-21(3)18(14-22)8-10-20(2)11-9-18/h4-7H,8-14H2,1-3H3,(H,19,23). The molecule has 3 rings (SSSR count). The summed E-state index contributed by atoms with van der Waals surface area (Å²) in [5, 5.41) is 2.54. The molecular formula is C18H28N4O3S. The number of sulfonamides is 1. The molecule has 2 saturated heterocycles. The van der Waals surface area contributed by atoms with Crippen LogP contribution in [0.15, 0.2) is 29.2 Å². The lowest BCUT2D eigenvalue weighted by Gasteiger charge is -2.52. The summed E-state index contributed by atoms with van der Waals surface area (Å²) in [6.07, 6.45) is 1.95. The molecule has 1 amide bonds. The summed E-state index contributed by atoms with van der Waals surface area (Å²) in [7, 11) is 2.21. The van der Waals surface area contributed by atoms with Crippen molar-refractivity contribution in [1.29, 1.82) is 0 Å². The van der Waals surface area contributed by atoms with Gasteiger partial charge in [-0.05, 0) is 64.3 Å². The number of carbonyl (C=O) groups is 1. The van der Waals surface area contributed by atoms with Gasteiger partial charge in [0.25, 0.3) is 5.91 Å². The minimum absolute atomic E-state index is 0.0835. The van der Waals surface area contributed by atoms with Gasteiger partial charge < -0.3 is 10.2 Å². The maximum absolute atomic E-state index is 13.1. The maximum Gasteiger partial charge on any atom is 0.251 e. The molecule has 1 aromatic carbocycles. The summed E-state index contributed by atoms with van der Waals surface area (Å²) in [5.74, 6) is -0.223. The highest BCUT2D eigenvalue weighted by Gasteiger charge is 2.44. The molecule has 0 unspecified atom stereocenters. The van der Waals surface area contributed by atoms with Crippen molar-refractivity contribution in [2.45, 2.75) is 23.3 Å². The zero-order valence-electron chi connectivity index (χ0n) is 15.7. The monoisotopic (exact) mass is 380 g/mol. The van der Waals surface area contributed by atoms with Gasteiger partial charge in [0.1, 0.15) is 0 Å². The first-order chi connectivity index (χ1) is 12.3. The van der Waals surface area contributed by atoms with Gasteiger partial charge in [0.05, 0.1) is 4.90 Å². The zero-order chi connectivity index (χ0) is 18.9. The SMILES string of the molecule is CNC(=O)c1ccc(S(=O)(=O)N2CCN(C)C3(CCN(C)CC3)C2)cc1. The summed E-state index contributed by atoms with van der Waals surface area (Å²) in [4.78, 5) is 16.5. The fraction of sp³-hybridized carbons (Fsp3) is 0.611. The lowest BCUT2D eigenvalue weighted by atomic mass is 9.84. The van der Waals surface area contributed by atoms with Gasteiger partial charge >= 0.3 is 0 Å². The van der Waals surface area contributed by atoms with Gasteiger partial charge in [-0.25, -0.2) is 8.42 Å². The van der Waals surface area contributed by atoms with Crippen LogP contribution < -0.4 is 5.32 Å². The second-order valence-electron chi connectivity index (χ2n) is 7.39. The van der Waals surface area contributed by atoms with Crippen LogP contribution in [0.3, 0.4) is 0 Å².